The van der Waals surface area contributed by atoms with Crippen LogP contribution in [0, 0.1) is 28.9 Å². The zero-order valence-corrected chi connectivity index (χ0v) is 30.1. The van der Waals surface area contributed by atoms with Crippen molar-refractivity contribution in [3.63, 3.8) is 0 Å². The molecule has 4 aliphatic rings. The Morgan fingerprint density at radius 3 is 2.47 bits per heavy atom. The molecule has 3 aromatic rings. The van der Waals surface area contributed by atoms with Gasteiger partial charge in [-0.2, -0.15) is 0 Å². The van der Waals surface area contributed by atoms with E-state index in [1.54, 1.807) is 20.8 Å². The number of rotatable bonds is 11. The highest BCUT2D eigenvalue weighted by molar-refractivity contribution is 6.48. The Hall–Kier alpha value is -4.07. The van der Waals surface area contributed by atoms with Gasteiger partial charge in [-0.15, -0.1) is 0 Å². The van der Waals surface area contributed by atoms with Gasteiger partial charge in [-0.25, -0.2) is 13.6 Å². The molecule has 1 unspecified atom stereocenters. The van der Waals surface area contributed by atoms with Crippen LogP contribution in [0.2, 0.25) is 0 Å². The van der Waals surface area contributed by atoms with Gasteiger partial charge in [-0.1, -0.05) is 50.2 Å². The highest BCUT2D eigenvalue weighted by atomic mass is 19.1. The number of methoxy groups -OCH3 is 1. The number of halogens is 2. The number of pyridine rings is 1. The van der Waals surface area contributed by atoms with Gasteiger partial charge in [0.1, 0.15) is 46.8 Å². The molecule has 2 heterocycles. The lowest BCUT2D eigenvalue weighted by atomic mass is 9.43. The maximum atomic E-state index is 15.4. The number of benzene rings is 2. The van der Waals surface area contributed by atoms with Gasteiger partial charge in [0.25, 0.3) is 0 Å². The predicted octanol–water partition coefficient (Wildman–Crippen LogP) is 5.90. The first-order valence-electron chi connectivity index (χ1n) is 17.3. The van der Waals surface area contributed by atoms with Crippen molar-refractivity contribution in [1.29, 1.82) is 0 Å². The number of ether oxygens (including phenoxy) is 3. The number of hydrogen-bond donors (Lipinski definition) is 2. The molecule has 51 heavy (non-hydrogen) atoms. The van der Waals surface area contributed by atoms with Gasteiger partial charge in [0.15, 0.2) is 5.82 Å². The van der Waals surface area contributed by atoms with E-state index in [0.717, 1.165) is 30.5 Å². The van der Waals surface area contributed by atoms with Crippen LogP contribution < -0.4 is 20.5 Å². The zero-order chi connectivity index (χ0) is 36.9. The summed E-state index contributed by atoms with van der Waals surface area (Å²) in [4.78, 5) is 31.1. The fraction of sp³-hybridized carbons (Fsp3) is 0.500. The average molecular weight is 706 g/mol. The summed E-state index contributed by atoms with van der Waals surface area (Å²) in [5.74, 6) is -3.33. The second-order valence-corrected chi connectivity index (χ2v) is 15.6. The molecule has 13 heteroatoms. The Labute approximate surface area is 297 Å². The van der Waals surface area contributed by atoms with E-state index in [2.05, 4.69) is 24.1 Å². The smallest absolute Gasteiger partial charge is 0.482 e. The van der Waals surface area contributed by atoms with Gasteiger partial charge in [-0.3, -0.25) is 9.78 Å². The molecule has 0 radical (unpaired) electrons. The van der Waals surface area contributed by atoms with Crippen molar-refractivity contribution in [2.75, 3.05) is 7.11 Å². The Morgan fingerprint density at radius 2 is 1.82 bits per heavy atom. The van der Waals surface area contributed by atoms with Gasteiger partial charge in [0.2, 0.25) is 5.91 Å². The maximum absolute atomic E-state index is 15.4. The summed E-state index contributed by atoms with van der Waals surface area (Å²) >= 11 is 0. The Balaban J connectivity index is 1.26. The number of carbonyl (C=O) groups is 2. The molecule has 1 saturated heterocycles. The number of nitrogens with zero attached hydrogens (tertiary/aromatic N) is 1. The summed E-state index contributed by atoms with van der Waals surface area (Å²) in [5, 5.41) is 2.91. The molecular weight excluding hydrogens is 659 g/mol. The Bertz CT molecular complexity index is 1790. The van der Waals surface area contributed by atoms with Crippen LogP contribution in [0.3, 0.4) is 0 Å². The molecule has 7 rings (SSSR count). The van der Waals surface area contributed by atoms with Crippen molar-refractivity contribution in [3.8, 4) is 11.5 Å². The minimum atomic E-state index is -1.51. The normalized spacial score (nSPS) is 24.5. The third-order valence-corrected chi connectivity index (χ3v) is 10.7. The van der Waals surface area contributed by atoms with Gasteiger partial charge < -0.3 is 34.6 Å². The second kappa shape index (κ2) is 13.8. The molecule has 0 spiro atoms. The summed E-state index contributed by atoms with van der Waals surface area (Å²) in [6.07, 6.45) is 2.90. The highest BCUT2D eigenvalue weighted by Crippen LogP contribution is 2.65. The van der Waals surface area contributed by atoms with Crippen LogP contribution in [0.1, 0.15) is 87.6 Å². The van der Waals surface area contributed by atoms with Gasteiger partial charge in [0, 0.05) is 6.07 Å². The van der Waals surface area contributed by atoms with E-state index in [0.29, 0.717) is 11.5 Å². The van der Waals surface area contributed by atoms with Crippen LogP contribution in [-0.4, -0.2) is 54.3 Å². The number of hydrogen-bond acceptors (Lipinski definition) is 9. The van der Waals surface area contributed by atoms with Crippen LogP contribution in [0.25, 0.3) is 0 Å². The summed E-state index contributed by atoms with van der Waals surface area (Å²) in [6, 6.07) is 11.6. The maximum Gasteiger partial charge on any atom is 0.482 e. The van der Waals surface area contributed by atoms with Crippen LogP contribution in [0.5, 0.6) is 11.5 Å². The minimum Gasteiger partial charge on any atom is -0.495 e. The summed E-state index contributed by atoms with van der Waals surface area (Å²) in [5.41, 5.74) is 5.52. The van der Waals surface area contributed by atoms with Crippen molar-refractivity contribution in [2.45, 2.75) is 96.7 Å². The summed E-state index contributed by atoms with van der Waals surface area (Å²) in [7, 11) is 0.378. The molecule has 1 aliphatic heterocycles. The zero-order valence-electron chi connectivity index (χ0n) is 30.1. The third kappa shape index (κ3) is 7.20. The summed E-state index contributed by atoms with van der Waals surface area (Å²) in [6.45, 7) is 11.8. The highest BCUT2D eigenvalue weighted by Gasteiger charge is 2.68. The van der Waals surface area contributed by atoms with Crippen LogP contribution in [0.15, 0.2) is 54.7 Å². The summed E-state index contributed by atoms with van der Waals surface area (Å²) < 4.78 is 60.6. The molecule has 1 amide bonds. The molecular formula is C38H46BF2N3O7. The first kappa shape index (κ1) is 36.7. The van der Waals surface area contributed by atoms with E-state index in [1.807, 2.05) is 37.3 Å². The standard InChI is InChI=1S/C38H46BF2N3O7/c1-36(2,3)49-35(46)30-25(40)14-13-22(33(30)47-7)15-29(39-50-28-17-23-16-27(37(23,4)5)38(28,6)51-39)44-34(45)31(42)32-26(41)18-24(19-43-32)48-20-21-11-9-8-10-12-21/h8-14,18-19,23,27-29,31H,15-17,20,42H2,1-7H3,(H,44,45)/t23-,27-,28+,29-,31?,38-/m0/s1. The van der Waals surface area contributed by atoms with Crippen molar-refractivity contribution in [2.24, 2.45) is 23.0 Å². The monoisotopic (exact) mass is 705 g/mol. The molecule has 4 fully saturated rings. The number of esters is 1. The van der Waals surface area contributed by atoms with Crippen LogP contribution in [0.4, 0.5) is 8.78 Å². The molecule has 3 saturated carbocycles. The van der Waals surface area contributed by atoms with Crippen molar-refractivity contribution in [3.05, 3.63) is 88.7 Å². The van der Waals surface area contributed by atoms with E-state index in [1.165, 1.54) is 19.4 Å². The number of carbonyl (C=O) groups excluding carboxylic acids is 2. The number of aromatic nitrogens is 1. The van der Waals surface area contributed by atoms with Gasteiger partial charge in [-0.05, 0) is 81.4 Å². The lowest BCUT2D eigenvalue weighted by Gasteiger charge is -2.64. The average Bonchev–Trinajstić information content (AvgIpc) is 3.44. The molecule has 2 aromatic carbocycles. The molecule has 272 valence electrons. The molecule has 3 N–H and O–H groups in total. The topological polar surface area (TPSA) is 131 Å². The van der Waals surface area contributed by atoms with Crippen LogP contribution in [-0.2, 0) is 31.9 Å². The Kier molecular flexibility index (Phi) is 9.95. The van der Waals surface area contributed by atoms with E-state index in [4.69, 9.17) is 29.3 Å². The van der Waals surface area contributed by atoms with Gasteiger partial charge >= 0.3 is 13.1 Å². The van der Waals surface area contributed by atoms with Gasteiger partial charge in [0.05, 0.1) is 31.0 Å². The van der Waals surface area contributed by atoms with E-state index in [-0.39, 0.29) is 53.2 Å². The van der Waals surface area contributed by atoms with Crippen molar-refractivity contribution < 1.29 is 41.9 Å². The van der Waals surface area contributed by atoms with E-state index < -0.39 is 53.8 Å². The number of amides is 1. The predicted molar refractivity (Wildman–Crippen MR) is 186 cm³/mol. The number of nitrogens with one attached hydrogen (secondary N) is 1. The van der Waals surface area contributed by atoms with E-state index in [9.17, 15) is 9.59 Å². The first-order chi connectivity index (χ1) is 24.0. The molecule has 6 atom stereocenters. The lowest BCUT2D eigenvalue weighted by molar-refractivity contribution is -0.199. The van der Waals surface area contributed by atoms with Crippen molar-refractivity contribution in [1.82, 2.24) is 10.3 Å². The quantitative estimate of drug-likeness (QED) is 0.185. The van der Waals surface area contributed by atoms with E-state index >= 15 is 8.78 Å². The molecule has 10 nitrogen and oxygen atoms in total. The SMILES string of the molecule is COc1c(C[C@H](NC(=O)C(N)c2ncc(OCc3ccccc3)cc2F)B2O[C@@H]3C[C@@H]4C[C@@H](C4(C)C)[C@]3(C)O2)ccc(F)c1C(=O)OC(C)(C)C. The third-order valence-electron chi connectivity index (χ3n) is 10.7. The van der Waals surface area contributed by atoms with Crippen LogP contribution >= 0.6 is 0 Å². The fourth-order valence-corrected chi connectivity index (χ4v) is 7.91. The second-order valence-electron chi connectivity index (χ2n) is 15.6. The Morgan fingerprint density at radius 1 is 1.10 bits per heavy atom. The lowest BCUT2D eigenvalue weighted by Crippen LogP contribution is -2.65. The fourth-order valence-electron chi connectivity index (χ4n) is 7.91. The molecule has 3 aliphatic carbocycles. The van der Waals surface area contributed by atoms with Crippen molar-refractivity contribution >= 4 is 19.0 Å². The number of nitrogens with two attached hydrogens (primary N) is 1. The molecule has 2 bridgehead atoms. The first-order valence-corrected chi connectivity index (χ1v) is 17.3. The molecule has 1 aromatic heterocycles. The minimum absolute atomic E-state index is 0.00909. The largest absolute Gasteiger partial charge is 0.495 e.